The topological polar surface area (TPSA) is 62.3 Å². The van der Waals surface area contributed by atoms with Crippen LogP contribution < -0.4 is 4.72 Å². The fourth-order valence-corrected chi connectivity index (χ4v) is 8.40. The second-order valence-electron chi connectivity index (χ2n) is 9.15. The molecule has 184 valence electrons. The maximum absolute atomic E-state index is 15.1. The summed E-state index contributed by atoms with van der Waals surface area (Å²) in [6.45, 7) is 0.590. The monoisotopic (exact) mass is 519 g/mol. The molecule has 1 aromatic heterocycles. The third kappa shape index (κ3) is 4.12. The lowest BCUT2D eigenvalue weighted by molar-refractivity contribution is -0.141. The molecule has 1 aliphatic heterocycles. The van der Waals surface area contributed by atoms with Gasteiger partial charge in [-0.25, -0.2) is 26.2 Å². The lowest BCUT2D eigenvalue weighted by atomic mass is 9.74. The highest BCUT2D eigenvalue weighted by atomic mass is 32.2. The van der Waals surface area contributed by atoms with Gasteiger partial charge in [-0.3, -0.25) is 4.98 Å². The quantitative estimate of drug-likeness (QED) is 0.461. The third-order valence-corrected chi connectivity index (χ3v) is 10.6. The lowest BCUT2D eigenvalue weighted by Crippen LogP contribution is -2.54. The lowest BCUT2D eigenvalue weighted by Gasteiger charge is -2.48. The molecule has 0 bridgehead atoms. The van der Waals surface area contributed by atoms with Crippen LogP contribution in [0.4, 0.5) is 22.0 Å². The molecule has 2 aromatic rings. The first-order chi connectivity index (χ1) is 16.0. The van der Waals surface area contributed by atoms with Crippen LogP contribution in [0, 0.1) is 17.6 Å². The Morgan fingerprint density at radius 3 is 2.53 bits per heavy atom. The molecule has 2 aliphatic carbocycles. The Balaban J connectivity index is 1.59. The molecule has 2 heterocycles. The molecule has 1 aromatic carbocycles. The van der Waals surface area contributed by atoms with Crippen molar-refractivity contribution in [3.8, 4) is 0 Å². The maximum atomic E-state index is 15.1. The van der Waals surface area contributed by atoms with Crippen LogP contribution >= 0.6 is 12.1 Å². The van der Waals surface area contributed by atoms with Gasteiger partial charge in [0.2, 0.25) is 0 Å². The van der Waals surface area contributed by atoms with Gasteiger partial charge in [0.25, 0.3) is 0 Å². The van der Waals surface area contributed by atoms with E-state index in [4.69, 9.17) is 0 Å². The number of benzene rings is 1. The summed E-state index contributed by atoms with van der Waals surface area (Å²) in [7, 11) is -4.44. The Kier molecular flexibility index (Phi) is 5.93. The van der Waals surface area contributed by atoms with E-state index >= 15 is 4.39 Å². The number of halogens is 5. The van der Waals surface area contributed by atoms with E-state index in [1.54, 1.807) is 0 Å². The standard InChI is InChI=1S/C22H22F5N3O2S2/c23-14-1-5-18(24)17(9-14)21(34(31,32)16-4-6-20(28-11-16)22(25,26)27)8-7-19-13(10-21)12-30(33-29-19)15-2-3-15/h1,4-6,9,11,13,15,19,29H,2-3,7-8,10,12H2. The molecule has 3 aliphatic rings. The predicted octanol–water partition coefficient (Wildman–Crippen LogP) is 4.85. The highest BCUT2D eigenvalue weighted by Gasteiger charge is 2.54. The number of hydrogen-bond acceptors (Lipinski definition) is 6. The summed E-state index contributed by atoms with van der Waals surface area (Å²) in [6.07, 6.45) is -1.58. The highest BCUT2D eigenvalue weighted by molar-refractivity contribution is 7.95. The molecular formula is C22H22F5N3O2S2. The fourth-order valence-electron chi connectivity index (χ4n) is 5.04. The molecule has 1 saturated heterocycles. The third-order valence-electron chi connectivity index (χ3n) is 6.98. The van der Waals surface area contributed by atoms with Crippen molar-refractivity contribution < 1.29 is 30.4 Å². The van der Waals surface area contributed by atoms with Crippen LogP contribution in [0.3, 0.4) is 0 Å². The first-order valence-electron chi connectivity index (χ1n) is 10.9. The number of rotatable bonds is 4. The average Bonchev–Trinajstić information content (AvgIpc) is 3.65. The molecule has 5 nitrogen and oxygen atoms in total. The van der Waals surface area contributed by atoms with Gasteiger partial charge in [-0.1, -0.05) is 0 Å². The number of nitrogens with zero attached hydrogens (tertiary/aromatic N) is 2. The van der Waals surface area contributed by atoms with E-state index in [0.29, 0.717) is 31.3 Å². The average molecular weight is 520 g/mol. The van der Waals surface area contributed by atoms with Crippen molar-refractivity contribution in [3.63, 3.8) is 0 Å². The second kappa shape index (κ2) is 8.42. The van der Waals surface area contributed by atoms with Crippen LogP contribution in [0.2, 0.25) is 0 Å². The summed E-state index contributed by atoms with van der Waals surface area (Å²) in [5, 5.41) is 0. The minimum atomic E-state index is -4.73. The van der Waals surface area contributed by atoms with Crippen molar-refractivity contribution in [1.82, 2.24) is 14.0 Å². The first-order valence-corrected chi connectivity index (χ1v) is 13.2. The molecule has 0 spiro atoms. The Morgan fingerprint density at radius 2 is 1.88 bits per heavy atom. The van der Waals surface area contributed by atoms with E-state index in [9.17, 15) is 26.0 Å². The smallest absolute Gasteiger partial charge is 0.250 e. The van der Waals surface area contributed by atoms with Gasteiger partial charge in [-0.15, -0.1) is 0 Å². The van der Waals surface area contributed by atoms with Gasteiger partial charge in [-0.05, 0) is 68.4 Å². The van der Waals surface area contributed by atoms with Crippen LogP contribution in [0.5, 0.6) is 0 Å². The number of aromatic nitrogens is 1. The van der Waals surface area contributed by atoms with Gasteiger partial charge in [0.15, 0.2) is 9.84 Å². The van der Waals surface area contributed by atoms with Crippen LogP contribution in [0.1, 0.15) is 43.4 Å². The van der Waals surface area contributed by atoms with Gasteiger partial charge in [0.05, 0.1) is 4.90 Å². The van der Waals surface area contributed by atoms with Crippen molar-refractivity contribution >= 4 is 22.0 Å². The number of sulfone groups is 1. The number of hydrogen-bond donors (Lipinski definition) is 1. The summed E-state index contributed by atoms with van der Waals surface area (Å²) >= 11 is 1.51. The first kappa shape index (κ1) is 24.0. The van der Waals surface area contributed by atoms with E-state index < -0.39 is 43.0 Å². The van der Waals surface area contributed by atoms with E-state index in [1.165, 1.54) is 12.1 Å². The molecule has 0 amide bonds. The van der Waals surface area contributed by atoms with Crippen molar-refractivity contribution in [2.45, 2.75) is 60.0 Å². The number of pyridine rings is 1. The molecule has 3 fully saturated rings. The van der Waals surface area contributed by atoms with Gasteiger partial charge < -0.3 is 0 Å². The van der Waals surface area contributed by atoms with E-state index in [1.807, 2.05) is 0 Å². The molecule has 2 saturated carbocycles. The summed E-state index contributed by atoms with van der Waals surface area (Å²) < 4.78 is 99.9. The van der Waals surface area contributed by atoms with E-state index in [0.717, 1.165) is 37.1 Å². The molecule has 0 radical (unpaired) electrons. The van der Waals surface area contributed by atoms with E-state index in [2.05, 4.69) is 14.0 Å². The van der Waals surface area contributed by atoms with Gasteiger partial charge in [0.1, 0.15) is 22.1 Å². The molecule has 12 heteroatoms. The number of alkyl halides is 3. The van der Waals surface area contributed by atoms with E-state index in [-0.39, 0.29) is 30.4 Å². The Hall–Kier alpha value is -1.76. The molecular weight excluding hydrogens is 497 g/mol. The predicted molar refractivity (Wildman–Crippen MR) is 116 cm³/mol. The van der Waals surface area contributed by atoms with Crippen LogP contribution in [0.15, 0.2) is 41.4 Å². The zero-order chi connectivity index (χ0) is 24.3. The van der Waals surface area contributed by atoms with Gasteiger partial charge in [0, 0.05) is 42.5 Å². The Labute approximate surface area is 198 Å². The van der Waals surface area contributed by atoms with Crippen LogP contribution in [-0.4, -0.2) is 36.3 Å². The molecule has 3 unspecified atom stereocenters. The normalized spacial score (nSPS) is 28.5. The zero-order valence-electron chi connectivity index (χ0n) is 17.9. The summed E-state index contributed by atoms with van der Waals surface area (Å²) in [6, 6.07) is 4.54. The maximum Gasteiger partial charge on any atom is 0.433 e. The Bertz CT molecular complexity index is 1190. The summed E-state index contributed by atoms with van der Waals surface area (Å²) in [4.78, 5) is 2.86. The van der Waals surface area contributed by atoms with Crippen molar-refractivity contribution in [2.75, 3.05) is 6.54 Å². The summed E-state index contributed by atoms with van der Waals surface area (Å²) in [5.41, 5.74) is -1.52. The van der Waals surface area contributed by atoms with Crippen LogP contribution in [0.25, 0.3) is 0 Å². The van der Waals surface area contributed by atoms with Crippen LogP contribution in [-0.2, 0) is 20.8 Å². The minimum absolute atomic E-state index is 0.00508. The SMILES string of the molecule is O=S(=O)(c1ccc(C(F)(F)F)nc1)C1(c2cc(F)ccc2F)CCC2NSN(C3CC3)CC2C1. The molecule has 5 rings (SSSR count). The number of fused-ring (bicyclic) bond motifs is 1. The van der Waals surface area contributed by atoms with Gasteiger partial charge in [-0.2, -0.15) is 13.2 Å². The largest absolute Gasteiger partial charge is 0.433 e. The zero-order valence-corrected chi connectivity index (χ0v) is 19.5. The molecule has 1 N–H and O–H groups in total. The molecule has 34 heavy (non-hydrogen) atoms. The fraction of sp³-hybridized carbons (Fsp3) is 0.500. The van der Waals surface area contributed by atoms with Crippen molar-refractivity contribution in [3.05, 3.63) is 59.4 Å². The Morgan fingerprint density at radius 1 is 1.12 bits per heavy atom. The number of nitrogens with one attached hydrogen (secondary N) is 1. The van der Waals surface area contributed by atoms with Gasteiger partial charge >= 0.3 is 6.18 Å². The highest BCUT2D eigenvalue weighted by Crippen LogP contribution is 2.52. The summed E-state index contributed by atoms with van der Waals surface area (Å²) in [5.74, 6) is -1.81. The minimum Gasteiger partial charge on any atom is -0.250 e. The second-order valence-corrected chi connectivity index (χ2v) is 12.3. The van der Waals surface area contributed by atoms with Crippen molar-refractivity contribution in [1.29, 1.82) is 0 Å². The molecule has 3 atom stereocenters. The van der Waals surface area contributed by atoms with Crippen molar-refractivity contribution in [2.24, 2.45) is 5.92 Å².